The molecule has 50 heavy (non-hydrogen) atoms. The van der Waals surface area contributed by atoms with Crippen LogP contribution in [-0.4, -0.2) is 107 Å². The van der Waals surface area contributed by atoms with Crippen molar-refractivity contribution in [3.63, 3.8) is 0 Å². The highest BCUT2D eigenvalue weighted by Gasteiger charge is 2.46. The lowest BCUT2D eigenvalue weighted by atomic mass is 9.83. The van der Waals surface area contributed by atoms with Crippen molar-refractivity contribution in [3.8, 4) is 11.3 Å². The molecule has 1 fully saturated rings. The Kier molecular flexibility index (Phi) is 14.0. The molecule has 1 saturated heterocycles. The number of likely N-dealkylation sites (N-methyl/N-ethyl adjacent to an activating group) is 1. The zero-order valence-electron chi connectivity index (χ0n) is 26.6. The third kappa shape index (κ3) is 11.4. The van der Waals surface area contributed by atoms with Gasteiger partial charge in [-0.15, -0.1) is 11.3 Å². The maximum atomic E-state index is 10.6. The Hall–Kier alpha value is -4.18. The van der Waals surface area contributed by atoms with Crippen molar-refractivity contribution in [2.75, 3.05) is 26.2 Å². The lowest BCUT2D eigenvalue weighted by Crippen LogP contribution is -2.57. The van der Waals surface area contributed by atoms with Crippen LogP contribution in [0.4, 0.5) is 39.5 Å². The molecule has 5 rings (SSSR count). The molecule has 3 aromatic heterocycles. The summed E-state index contributed by atoms with van der Waals surface area (Å²) in [7, 11) is 1.97. The van der Waals surface area contributed by atoms with Gasteiger partial charge >= 0.3 is 36.4 Å². The fourth-order valence-corrected chi connectivity index (χ4v) is 6.14. The Balaban J connectivity index is 0.000000338. The molecule has 3 aromatic rings. The van der Waals surface area contributed by atoms with Crippen molar-refractivity contribution in [1.82, 2.24) is 29.1 Å². The number of aliphatic carboxylic acids is 3. The number of aryl methyl sites for hydroxylation is 2. The number of likely N-dealkylation sites (tertiary alicyclic amines) is 1. The predicted molar refractivity (Wildman–Crippen MR) is 158 cm³/mol. The summed E-state index contributed by atoms with van der Waals surface area (Å²) >= 11 is 1.93. The Morgan fingerprint density at radius 3 is 1.72 bits per heavy atom. The highest BCUT2D eigenvalue weighted by molar-refractivity contribution is 7.11. The second-order valence-electron chi connectivity index (χ2n) is 10.8. The van der Waals surface area contributed by atoms with E-state index in [1.165, 1.54) is 21.3 Å². The first-order valence-electron chi connectivity index (χ1n) is 14.4. The van der Waals surface area contributed by atoms with Gasteiger partial charge in [0.25, 0.3) is 0 Å². The first kappa shape index (κ1) is 42.0. The Morgan fingerprint density at radius 2 is 1.34 bits per heavy atom. The lowest BCUT2D eigenvalue weighted by Gasteiger charge is -2.50. The van der Waals surface area contributed by atoms with Crippen molar-refractivity contribution >= 4 is 29.2 Å². The smallest absolute Gasteiger partial charge is 0.475 e. The highest BCUT2D eigenvalue weighted by Crippen LogP contribution is 2.42. The van der Waals surface area contributed by atoms with Crippen LogP contribution in [0.15, 0.2) is 30.7 Å². The SMILES string of the molecule is CCN1CCn2c(-c3cnn(C)c3)cnc2C12CCN(Cc1ccc(C)s1)CC2.O=C(O)C(F)(F)F.O=C(O)C(F)(F)F.O=C(O)C(F)(F)F. The quantitative estimate of drug-likeness (QED) is 0.296. The molecule has 2 aliphatic heterocycles. The van der Waals surface area contributed by atoms with Crippen molar-refractivity contribution in [2.45, 2.75) is 63.8 Å². The molecule has 0 aromatic carbocycles. The van der Waals surface area contributed by atoms with E-state index >= 15 is 0 Å². The summed E-state index contributed by atoms with van der Waals surface area (Å²) in [6, 6.07) is 4.53. The zero-order chi connectivity index (χ0) is 38.2. The first-order chi connectivity index (χ1) is 22.9. The fraction of sp³-hybridized carbons (Fsp3) is 0.536. The van der Waals surface area contributed by atoms with Crippen LogP contribution in [0.1, 0.15) is 35.3 Å². The molecule has 0 unspecified atom stereocenters. The summed E-state index contributed by atoms with van der Waals surface area (Å²) in [5.41, 5.74) is 2.44. The summed E-state index contributed by atoms with van der Waals surface area (Å²) in [5.74, 6) is -7.01. The van der Waals surface area contributed by atoms with Gasteiger partial charge in [0.05, 0.1) is 23.6 Å². The number of rotatable bonds is 4. The van der Waals surface area contributed by atoms with Gasteiger partial charge in [0.2, 0.25) is 0 Å². The molecule has 2 aliphatic rings. The van der Waals surface area contributed by atoms with Crippen LogP contribution < -0.4 is 0 Å². The van der Waals surface area contributed by atoms with Crippen LogP contribution in [0.3, 0.4) is 0 Å². The van der Waals surface area contributed by atoms with E-state index in [2.05, 4.69) is 57.8 Å². The molecule has 1 spiro atoms. The van der Waals surface area contributed by atoms with Gasteiger partial charge in [-0.05, 0) is 38.4 Å². The van der Waals surface area contributed by atoms with Crippen LogP contribution in [0.2, 0.25) is 0 Å². The molecule has 280 valence electrons. The van der Waals surface area contributed by atoms with Crippen molar-refractivity contribution < 1.29 is 69.2 Å². The largest absolute Gasteiger partial charge is 0.490 e. The van der Waals surface area contributed by atoms with E-state index in [-0.39, 0.29) is 5.54 Å². The maximum Gasteiger partial charge on any atom is 0.490 e. The minimum absolute atomic E-state index is 0.0648. The van der Waals surface area contributed by atoms with Crippen molar-refractivity contribution in [2.24, 2.45) is 7.05 Å². The van der Waals surface area contributed by atoms with E-state index in [9.17, 15) is 39.5 Å². The van der Waals surface area contributed by atoms with Gasteiger partial charge in [-0.3, -0.25) is 14.5 Å². The number of carboxylic acids is 3. The molecule has 12 nitrogen and oxygen atoms in total. The molecule has 0 saturated carbocycles. The average Bonchev–Trinajstić information content (AvgIpc) is 3.74. The standard InChI is InChI=1S/C22H30N6S.3C2HF3O2/c1-4-27-11-12-28-20(18-13-24-25(3)15-18)14-23-21(28)22(27)7-9-26(10-8-22)16-19-6-5-17(2)29-19;3*3-2(4,5)1(6)7/h5-6,13-15H,4,7-12,16H2,1-3H3;3*(H,6,7). The summed E-state index contributed by atoms with van der Waals surface area (Å²) in [5, 5.41) is 25.7. The minimum Gasteiger partial charge on any atom is -0.475 e. The molecule has 22 heteroatoms. The number of aromatic nitrogens is 4. The summed E-state index contributed by atoms with van der Waals surface area (Å²) in [4.78, 5) is 39.9. The normalized spacial score (nSPS) is 16.2. The van der Waals surface area contributed by atoms with Gasteiger partial charge in [-0.1, -0.05) is 6.92 Å². The van der Waals surface area contributed by atoms with Gasteiger partial charge in [0.1, 0.15) is 5.82 Å². The second-order valence-corrected chi connectivity index (χ2v) is 12.2. The molecule has 0 bridgehead atoms. The highest BCUT2D eigenvalue weighted by atomic mass is 32.1. The third-order valence-electron chi connectivity index (χ3n) is 7.44. The number of fused-ring (bicyclic) bond motifs is 2. The summed E-state index contributed by atoms with van der Waals surface area (Å²) in [6.07, 6.45) is -6.85. The number of alkyl halides is 9. The molecular formula is C28H33F9N6O6S. The van der Waals surface area contributed by atoms with Crippen LogP contribution in [0, 0.1) is 6.92 Å². The average molecular weight is 753 g/mol. The van der Waals surface area contributed by atoms with Crippen molar-refractivity contribution in [3.05, 3.63) is 46.3 Å². The van der Waals surface area contributed by atoms with Gasteiger partial charge in [-0.2, -0.15) is 44.6 Å². The number of piperidine rings is 1. The van der Waals surface area contributed by atoms with Crippen LogP contribution in [0.5, 0.6) is 0 Å². The molecule has 0 aliphatic carbocycles. The number of nitrogens with zero attached hydrogens (tertiary/aromatic N) is 6. The number of halogens is 9. The summed E-state index contributed by atoms with van der Waals surface area (Å²) in [6.45, 7) is 11.0. The molecule has 5 heterocycles. The van der Waals surface area contributed by atoms with E-state index in [0.29, 0.717) is 0 Å². The third-order valence-corrected chi connectivity index (χ3v) is 8.42. The first-order valence-corrected chi connectivity index (χ1v) is 15.2. The van der Waals surface area contributed by atoms with E-state index in [1.807, 2.05) is 29.3 Å². The molecule has 0 amide bonds. The second kappa shape index (κ2) is 16.7. The number of hydrogen-bond donors (Lipinski definition) is 3. The van der Waals surface area contributed by atoms with E-state index in [4.69, 9.17) is 34.7 Å². The minimum atomic E-state index is -5.08. The summed E-state index contributed by atoms with van der Waals surface area (Å²) < 4.78 is 99.5. The number of carboxylic acid groups (broad SMARTS) is 3. The Labute approximate surface area is 282 Å². The van der Waals surface area contributed by atoms with Crippen LogP contribution >= 0.6 is 11.3 Å². The van der Waals surface area contributed by atoms with Crippen LogP contribution in [-0.2, 0) is 40.1 Å². The van der Waals surface area contributed by atoms with Gasteiger partial charge in [0, 0.05) is 61.3 Å². The Bertz CT molecular complexity index is 1530. The monoisotopic (exact) mass is 752 g/mol. The van der Waals surface area contributed by atoms with Gasteiger partial charge in [-0.25, -0.2) is 19.4 Å². The topological polar surface area (TPSA) is 154 Å². The fourth-order valence-electron chi connectivity index (χ4n) is 5.21. The van der Waals surface area contributed by atoms with E-state index in [0.717, 1.165) is 57.7 Å². The molecule has 0 atom stereocenters. The Morgan fingerprint density at radius 1 is 0.840 bits per heavy atom. The lowest BCUT2D eigenvalue weighted by molar-refractivity contribution is -0.193. The predicted octanol–water partition coefficient (Wildman–Crippen LogP) is 5.38. The number of hydrogen-bond acceptors (Lipinski definition) is 8. The van der Waals surface area contributed by atoms with Crippen LogP contribution in [0.25, 0.3) is 11.3 Å². The maximum absolute atomic E-state index is 10.6. The molecule has 3 N–H and O–H groups in total. The number of imidazole rings is 1. The van der Waals surface area contributed by atoms with E-state index in [1.54, 1.807) is 0 Å². The van der Waals surface area contributed by atoms with Gasteiger partial charge in [0.15, 0.2) is 0 Å². The van der Waals surface area contributed by atoms with Crippen molar-refractivity contribution in [1.29, 1.82) is 0 Å². The molecular weight excluding hydrogens is 719 g/mol. The number of thiophene rings is 1. The molecule has 0 radical (unpaired) electrons. The number of carbonyl (C=O) groups is 3. The van der Waals surface area contributed by atoms with E-state index < -0.39 is 36.4 Å². The zero-order valence-corrected chi connectivity index (χ0v) is 27.4. The van der Waals surface area contributed by atoms with Gasteiger partial charge < -0.3 is 19.9 Å².